The van der Waals surface area contributed by atoms with Crippen LogP contribution < -0.4 is 10.1 Å². The average Bonchev–Trinajstić information content (AvgIpc) is 3.42. The summed E-state index contributed by atoms with van der Waals surface area (Å²) in [6.07, 6.45) is 1.58. The van der Waals surface area contributed by atoms with Crippen LogP contribution >= 0.6 is 11.6 Å². The number of rotatable bonds is 9. The van der Waals surface area contributed by atoms with Crippen molar-refractivity contribution in [3.8, 4) is 11.6 Å². The van der Waals surface area contributed by atoms with Gasteiger partial charge in [0.1, 0.15) is 6.26 Å². The molecule has 0 saturated carbocycles. The first-order chi connectivity index (χ1) is 18.2. The van der Waals surface area contributed by atoms with Crippen LogP contribution in [0.4, 0.5) is 14.9 Å². The predicted octanol–water partition coefficient (Wildman–Crippen LogP) is 4.36. The van der Waals surface area contributed by atoms with Crippen molar-refractivity contribution in [3.05, 3.63) is 71.2 Å². The molecule has 1 heterocycles. The summed E-state index contributed by atoms with van der Waals surface area (Å²) >= 11 is 5.96. The molecule has 0 spiro atoms. The van der Waals surface area contributed by atoms with Crippen molar-refractivity contribution in [2.45, 2.75) is 13.5 Å². The zero-order valence-corrected chi connectivity index (χ0v) is 21.5. The monoisotopic (exact) mass is 545 g/mol. The molecule has 0 bridgehead atoms. The molecule has 1 atom stereocenters. The van der Waals surface area contributed by atoms with Gasteiger partial charge < -0.3 is 18.9 Å². The third-order valence-corrected chi connectivity index (χ3v) is 5.41. The number of aliphatic imine (C=N–C) groups is 1. The van der Waals surface area contributed by atoms with Gasteiger partial charge in [-0.2, -0.15) is 0 Å². The van der Waals surface area contributed by atoms with Gasteiger partial charge in [-0.1, -0.05) is 30.7 Å². The van der Waals surface area contributed by atoms with Gasteiger partial charge in [-0.05, 0) is 35.0 Å². The number of ether oxygens (including phenoxy) is 2. The number of nitrogens with zero attached hydrogens (tertiary/aromatic N) is 4. The van der Waals surface area contributed by atoms with Gasteiger partial charge in [0.25, 0.3) is 5.88 Å². The number of aromatic nitrogens is 1. The molecule has 38 heavy (non-hydrogen) atoms. The van der Waals surface area contributed by atoms with Gasteiger partial charge in [0, 0.05) is 37.3 Å². The maximum absolute atomic E-state index is 14.7. The summed E-state index contributed by atoms with van der Waals surface area (Å²) in [5.41, 5.74) is 0.988. The summed E-state index contributed by atoms with van der Waals surface area (Å²) in [5, 5.41) is 6.69. The van der Waals surface area contributed by atoms with E-state index in [2.05, 4.69) is 24.7 Å². The summed E-state index contributed by atoms with van der Waals surface area (Å²) in [5.74, 6) is -2.10. The van der Waals surface area contributed by atoms with E-state index in [4.69, 9.17) is 16.3 Å². The number of methoxy groups -OCH3 is 1. The number of carbonyl (C=O) groups is 3. The highest BCUT2D eigenvalue weighted by atomic mass is 35.5. The minimum Gasteiger partial charge on any atom is -0.469 e. The Balaban J connectivity index is 1.86. The average molecular weight is 546 g/mol. The third kappa shape index (κ3) is 7.77. The Hall–Kier alpha value is -4.45. The molecule has 11 nitrogen and oxygen atoms in total. The van der Waals surface area contributed by atoms with Crippen LogP contribution in [-0.2, 0) is 20.9 Å². The first-order valence-electron chi connectivity index (χ1n) is 11.2. The number of urea groups is 1. The van der Waals surface area contributed by atoms with Gasteiger partial charge in [0.05, 0.1) is 18.7 Å². The van der Waals surface area contributed by atoms with E-state index < -0.39 is 23.7 Å². The number of imide groups is 1. The normalized spacial score (nSPS) is 11.9. The second-order valence-electron chi connectivity index (χ2n) is 8.08. The van der Waals surface area contributed by atoms with Gasteiger partial charge in [0.2, 0.25) is 12.4 Å². The third-order valence-electron chi connectivity index (χ3n) is 5.15. The Labute approximate surface area is 222 Å². The Bertz CT molecular complexity index is 1290. The SMILES string of the molecule is COC(=O)[C@@H](C)CN(C=O)C(=O)NC(=Nc1ccc(Oc2ccon2)c(F)c1)N(C)Cc1ccc(Cl)cc1. The number of halogens is 2. The molecule has 3 rings (SSSR count). The Kier molecular flexibility index (Phi) is 9.77. The summed E-state index contributed by atoms with van der Waals surface area (Å²) in [6, 6.07) is 11.5. The molecular weight excluding hydrogens is 521 g/mol. The van der Waals surface area contributed by atoms with Crippen LogP contribution in [0.2, 0.25) is 5.02 Å². The zero-order chi connectivity index (χ0) is 27.7. The number of guanidine groups is 1. The van der Waals surface area contributed by atoms with Crippen LogP contribution in [-0.4, -0.2) is 60.0 Å². The molecule has 0 fully saturated rings. The first-order valence-corrected chi connectivity index (χ1v) is 11.6. The molecule has 1 aromatic heterocycles. The van der Waals surface area contributed by atoms with Crippen molar-refractivity contribution in [1.82, 2.24) is 20.3 Å². The second-order valence-corrected chi connectivity index (χ2v) is 8.52. The largest absolute Gasteiger partial charge is 0.469 e. The van der Waals surface area contributed by atoms with Gasteiger partial charge in [-0.15, -0.1) is 0 Å². The second kappa shape index (κ2) is 13.2. The van der Waals surface area contributed by atoms with Gasteiger partial charge in [0.15, 0.2) is 11.6 Å². The fourth-order valence-electron chi connectivity index (χ4n) is 3.19. The van der Waals surface area contributed by atoms with Crippen molar-refractivity contribution in [2.75, 3.05) is 20.7 Å². The molecule has 0 aliphatic heterocycles. The molecule has 13 heteroatoms. The predicted molar refractivity (Wildman–Crippen MR) is 135 cm³/mol. The van der Waals surface area contributed by atoms with Crippen LogP contribution in [0, 0.1) is 11.7 Å². The van der Waals surface area contributed by atoms with E-state index in [0.717, 1.165) is 16.5 Å². The topological polar surface area (TPSA) is 127 Å². The maximum Gasteiger partial charge on any atom is 0.330 e. The molecule has 3 aromatic rings. The van der Waals surface area contributed by atoms with Gasteiger partial charge in [-0.25, -0.2) is 14.2 Å². The van der Waals surface area contributed by atoms with Crippen LogP contribution in [0.15, 0.2) is 64.3 Å². The minimum absolute atomic E-state index is 0.00657. The number of benzene rings is 2. The number of hydrogen-bond donors (Lipinski definition) is 1. The van der Waals surface area contributed by atoms with E-state index in [9.17, 15) is 18.8 Å². The minimum atomic E-state index is -0.844. The molecule has 0 aliphatic rings. The van der Waals surface area contributed by atoms with E-state index in [1.165, 1.54) is 38.5 Å². The fraction of sp³-hybridized carbons (Fsp3) is 0.240. The highest BCUT2D eigenvalue weighted by molar-refractivity contribution is 6.30. The maximum atomic E-state index is 14.7. The zero-order valence-electron chi connectivity index (χ0n) is 20.8. The fourth-order valence-corrected chi connectivity index (χ4v) is 3.32. The number of carbonyl (C=O) groups excluding carboxylic acids is 3. The van der Waals surface area contributed by atoms with E-state index in [0.29, 0.717) is 11.4 Å². The van der Waals surface area contributed by atoms with E-state index in [1.807, 2.05) is 0 Å². The van der Waals surface area contributed by atoms with Crippen LogP contribution in [0.25, 0.3) is 0 Å². The lowest BCUT2D eigenvalue weighted by molar-refractivity contribution is -0.145. The Morgan fingerprint density at radius 2 is 1.97 bits per heavy atom. The molecule has 3 amide bonds. The highest BCUT2D eigenvalue weighted by Gasteiger charge is 2.23. The van der Waals surface area contributed by atoms with Crippen molar-refractivity contribution in [2.24, 2.45) is 10.9 Å². The molecule has 0 unspecified atom stereocenters. The van der Waals surface area contributed by atoms with Crippen molar-refractivity contribution < 1.29 is 32.8 Å². The van der Waals surface area contributed by atoms with Crippen molar-refractivity contribution in [1.29, 1.82) is 0 Å². The van der Waals surface area contributed by atoms with Crippen LogP contribution in [0.5, 0.6) is 11.6 Å². The number of hydrogen-bond acceptors (Lipinski definition) is 8. The van der Waals surface area contributed by atoms with E-state index in [1.54, 1.807) is 36.2 Å². The lowest BCUT2D eigenvalue weighted by Gasteiger charge is -2.25. The number of amides is 3. The summed E-state index contributed by atoms with van der Waals surface area (Å²) < 4.78 is 29.4. The number of nitrogens with one attached hydrogen (secondary N) is 1. The number of esters is 1. The lowest BCUT2D eigenvalue weighted by Crippen LogP contribution is -2.49. The summed E-state index contributed by atoms with van der Waals surface area (Å²) in [6.45, 7) is 1.58. The van der Waals surface area contributed by atoms with Crippen molar-refractivity contribution in [3.63, 3.8) is 0 Å². The van der Waals surface area contributed by atoms with E-state index >= 15 is 0 Å². The highest BCUT2D eigenvalue weighted by Crippen LogP contribution is 2.27. The van der Waals surface area contributed by atoms with Crippen LogP contribution in [0.3, 0.4) is 0 Å². The standard InChI is InChI=1S/C25H25ClFN5O6/c1-16(23(34)36-3)13-32(15-33)25(35)29-24(31(2)14-17-4-6-18(26)7-5-17)28-19-8-9-21(20(27)12-19)38-22-10-11-37-30-22/h4-12,15-16H,13-14H2,1-3H3,(H,28,29,35)/t16-/m0/s1. The summed E-state index contributed by atoms with van der Waals surface area (Å²) in [4.78, 5) is 43.0. The molecular formula is C25H25ClFN5O6. The molecule has 0 saturated heterocycles. The first kappa shape index (κ1) is 28.1. The van der Waals surface area contributed by atoms with E-state index in [-0.39, 0.29) is 36.4 Å². The van der Waals surface area contributed by atoms with Gasteiger partial charge >= 0.3 is 12.0 Å². The quantitative estimate of drug-likeness (QED) is 0.182. The Morgan fingerprint density at radius 1 is 1.24 bits per heavy atom. The molecule has 0 aliphatic carbocycles. The smallest absolute Gasteiger partial charge is 0.330 e. The van der Waals surface area contributed by atoms with Gasteiger partial charge in [-0.3, -0.25) is 19.8 Å². The Morgan fingerprint density at radius 3 is 2.58 bits per heavy atom. The van der Waals surface area contributed by atoms with Crippen LogP contribution in [0.1, 0.15) is 12.5 Å². The lowest BCUT2D eigenvalue weighted by atomic mass is 10.2. The van der Waals surface area contributed by atoms with Crippen molar-refractivity contribution >= 4 is 41.7 Å². The molecule has 2 aromatic carbocycles. The summed E-state index contributed by atoms with van der Waals surface area (Å²) in [7, 11) is 2.86. The molecule has 0 radical (unpaired) electrons. The molecule has 1 N–H and O–H groups in total. The molecule has 200 valence electrons.